The van der Waals surface area contributed by atoms with Crippen LogP contribution in [0.15, 0.2) is 24.3 Å². The van der Waals surface area contributed by atoms with Crippen molar-refractivity contribution in [3.05, 3.63) is 68.8 Å². The lowest BCUT2D eigenvalue weighted by Crippen LogP contribution is -2.74. The Balaban J connectivity index is 2.89. The zero-order valence-corrected chi connectivity index (χ0v) is 77.6. The summed E-state index contributed by atoms with van der Waals surface area (Å²) in [4.78, 5) is 0. The molecule has 2 aliphatic rings. The molecular weight excluding hydrogens is 1210 g/mol. The Morgan fingerprint density at radius 2 is 0.402 bits per heavy atom. The number of hydrogen-bond acceptors (Lipinski definition) is 0. The van der Waals surface area contributed by atoms with Crippen LogP contribution in [0.3, 0.4) is 0 Å². The third-order valence-corrected chi connectivity index (χ3v) is 101. The molecular formula is C68H144Si14. The fourth-order valence-corrected chi connectivity index (χ4v) is 135. The molecule has 4 rings (SSSR count). The van der Waals surface area contributed by atoms with E-state index in [1.807, 2.05) is 55.7 Å². The topological polar surface area (TPSA) is 0 Å². The molecule has 0 spiro atoms. The summed E-state index contributed by atoms with van der Waals surface area (Å²) in [6.45, 7) is 119. The molecule has 1 fully saturated rings. The molecule has 0 saturated heterocycles. The summed E-state index contributed by atoms with van der Waals surface area (Å²) in [6.07, 6.45) is 5.55. The van der Waals surface area contributed by atoms with Crippen molar-refractivity contribution >= 4 is 124 Å². The van der Waals surface area contributed by atoms with Gasteiger partial charge in [-0.15, -0.1) is 0 Å². The van der Waals surface area contributed by atoms with Crippen molar-refractivity contribution in [3.8, 4) is 0 Å². The molecule has 0 radical (unpaired) electrons. The Bertz CT molecular complexity index is 2230. The second-order valence-corrected chi connectivity index (χ2v) is 122. The molecule has 0 aromatic heterocycles. The first-order valence-electron chi connectivity index (χ1n) is 33.8. The third kappa shape index (κ3) is 13.9. The normalized spacial score (nSPS) is 19.0. The average Bonchev–Trinajstić information content (AvgIpc) is 3.09. The monoisotopic (exact) mass is 1350 g/mol. The molecule has 0 heterocycles. The first-order chi connectivity index (χ1) is 35.6. The van der Waals surface area contributed by atoms with Crippen molar-refractivity contribution in [2.24, 2.45) is 11.8 Å². The summed E-state index contributed by atoms with van der Waals surface area (Å²) >= 11 is 0. The third-order valence-electron chi connectivity index (χ3n) is 21.5. The molecule has 2 aromatic rings. The maximum atomic E-state index is 3.16. The van der Waals surface area contributed by atoms with E-state index in [4.69, 9.17) is 0 Å². The van der Waals surface area contributed by atoms with Gasteiger partial charge < -0.3 is 0 Å². The van der Waals surface area contributed by atoms with Crippen LogP contribution < -0.4 is 0 Å². The number of fused-ring (bicyclic) bond motifs is 1. The fourth-order valence-electron chi connectivity index (χ4n) is 24.4. The summed E-state index contributed by atoms with van der Waals surface area (Å²) < 4.78 is 0.614. The number of hydrogen-bond donors (Lipinski definition) is 0. The quantitative estimate of drug-likeness (QED) is 0.103. The van der Waals surface area contributed by atoms with Crippen LogP contribution in [0.4, 0.5) is 0 Å². The average molecular weight is 1360 g/mol. The molecule has 82 heavy (non-hydrogen) atoms. The van der Waals surface area contributed by atoms with Gasteiger partial charge in [-0.3, -0.25) is 0 Å². The van der Waals surface area contributed by atoms with Crippen molar-refractivity contribution in [1.82, 2.24) is 0 Å². The number of rotatable bonds is 22. The molecule has 0 bridgehead atoms. The predicted molar refractivity (Wildman–Crippen MR) is 426 cm³/mol. The molecule has 0 N–H and O–H groups in total. The van der Waals surface area contributed by atoms with E-state index >= 15 is 0 Å². The van der Waals surface area contributed by atoms with Crippen molar-refractivity contribution in [2.75, 3.05) is 0 Å². The molecule has 2 atom stereocenters. The highest BCUT2D eigenvalue weighted by Gasteiger charge is 2.64. The van der Waals surface area contributed by atoms with Gasteiger partial charge in [0, 0.05) is 113 Å². The Morgan fingerprint density at radius 1 is 0.256 bits per heavy atom. The minimum Gasteiger partial charge on any atom is -0.0693 e. The van der Waals surface area contributed by atoms with Gasteiger partial charge in [0.05, 0.1) is 0 Å². The maximum absolute atomic E-state index is 3.16. The van der Waals surface area contributed by atoms with E-state index in [-0.39, 0.29) is 0 Å². The Hall–Kier alpha value is 1.22. The van der Waals surface area contributed by atoms with E-state index in [0.717, 1.165) is 0 Å². The lowest BCUT2D eigenvalue weighted by Gasteiger charge is -2.60. The van der Waals surface area contributed by atoms with Gasteiger partial charge in [0.1, 0.15) is 0 Å². The van der Waals surface area contributed by atoms with Crippen LogP contribution in [0.5, 0.6) is 0 Å². The Kier molecular flexibility index (Phi) is 21.3. The zero-order valence-electron chi connectivity index (χ0n) is 63.6. The summed E-state index contributed by atoms with van der Waals surface area (Å²) in [6, 6.07) is 12.7. The van der Waals surface area contributed by atoms with Crippen LogP contribution in [0.1, 0.15) is 90.8 Å². The Morgan fingerprint density at radius 3 is 0.524 bits per heavy atom. The largest absolute Gasteiger partial charge is 0.0693 e. The highest BCUT2D eigenvalue weighted by atomic mass is 28.5. The molecule has 0 nitrogen and oxygen atoms in total. The predicted octanol–water partition coefficient (Wildman–Crippen LogP) is 24.5. The van der Waals surface area contributed by atoms with Gasteiger partial charge in [0.15, 0.2) is 0 Å². The van der Waals surface area contributed by atoms with Crippen molar-refractivity contribution in [3.63, 3.8) is 0 Å². The molecule has 0 aliphatic heterocycles. The first kappa shape index (κ1) is 75.7. The van der Waals surface area contributed by atoms with E-state index in [2.05, 4.69) is 299 Å². The summed E-state index contributed by atoms with van der Waals surface area (Å²) in [7, 11) is -26.1. The molecule has 1 saturated carbocycles. The van der Waals surface area contributed by atoms with E-state index in [9.17, 15) is 0 Å². The van der Waals surface area contributed by atoms with Crippen molar-refractivity contribution in [2.45, 2.75) is 330 Å². The van der Waals surface area contributed by atoms with Crippen LogP contribution in [0.25, 0.3) is 11.1 Å². The highest BCUT2D eigenvalue weighted by Crippen LogP contribution is 2.65. The van der Waals surface area contributed by atoms with Gasteiger partial charge in [-0.25, -0.2) is 0 Å². The van der Waals surface area contributed by atoms with E-state index in [0.29, 0.717) is 41.1 Å². The molecule has 2 aromatic carbocycles. The van der Waals surface area contributed by atoms with E-state index < -0.39 is 113 Å². The van der Waals surface area contributed by atoms with E-state index in [1.54, 1.807) is 0 Å². The van der Waals surface area contributed by atoms with Crippen molar-refractivity contribution in [1.29, 1.82) is 0 Å². The Labute approximate surface area is 530 Å². The lowest BCUT2D eigenvalue weighted by atomic mass is 9.56. The maximum Gasteiger partial charge on any atom is 0.0499 e. The standard InChI is InChI=1S/C68H144Si14/c1-69(2,3)63(70(4,5)6)55-47-51(67(77(25,26)27,78(28,29)30)79(31,32)33)48-56(64(71(7,8)9)72(10,11)12)59(55)61-53-45-43-44-46-54(53)62(61)60-57(65(73(13,14)15)74(16,17)18)49-52(50-58(60)66(75(19,20)21)76(22,23)24)68(80(34,35)36,81(37,38)39)82(40,41)42/h47-50,53-54,63-66H,43-46H2,1-42H3/t53-,54+. The van der Waals surface area contributed by atoms with Crippen LogP contribution in [0.2, 0.25) is 275 Å². The molecule has 472 valence electrons. The SMILES string of the molecule is C[Si](C)(C)C(c1cc(C([Si](C)(C)C)([Si](C)(C)C)[Si](C)(C)C)cc(C([Si](C)(C)C)[Si](C)(C)C)c1C1=C(c2c(C([Si](C)(C)C)[Si](C)(C)C)cc(C([Si](C)(C)C)([Si](C)(C)C)[Si](C)(C)C)cc2C([Si](C)(C)C)[Si](C)(C)C)[C@@H]2CCCC[C@H]12)[Si](C)(C)C. The second-order valence-electron chi connectivity index (χ2n) is 43.0. The van der Waals surface area contributed by atoms with Gasteiger partial charge in [-0.1, -0.05) is 312 Å². The van der Waals surface area contributed by atoms with E-state index in [1.165, 1.54) is 25.7 Å². The van der Waals surface area contributed by atoms with Crippen LogP contribution in [-0.2, 0) is 8.57 Å². The fraction of sp³-hybridized carbons (Fsp3) is 0.794. The summed E-state index contributed by atoms with van der Waals surface area (Å²) in [5, 5.41) is 2.66. The summed E-state index contributed by atoms with van der Waals surface area (Å²) in [5.74, 6) is 1.30. The minimum absolute atomic E-state index is 0.307. The van der Waals surface area contributed by atoms with Gasteiger partial charge >= 0.3 is 0 Å². The second kappa shape index (κ2) is 23.1. The van der Waals surface area contributed by atoms with Crippen LogP contribution in [-0.4, -0.2) is 113 Å². The van der Waals surface area contributed by atoms with Crippen LogP contribution >= 0.6 is 0 Å². The smallest absolute Gasteiger partial charge is 0.0499 e. The number of allylic oxidation sites excluding steroid dienone is 2. The van der Waals surface area contributed by atoms with Gasteiger partial charge in [0.2, 0.25) is 0 Å². The lowest BCUT2D eigenvalue weighted by molar-refractivity contribution is 0.331. The minimum atomic E-state index is -1.87. The molecule has 14 heteroatoms. The molecule has 0 amide bonds. The zero-order chi connectivity index (χ0) is 64.9. The highest BCUT2D eigenvalue weighted by molar-refractivity contribution is 7.15. The van der Waals surface area contributed by atoms with Gasteiger partial charge in [-0.2, -0.15) is 0 Å². The summed E-state index contributed by atoms with van der Waals surface area (Å²) in [5.41, 5.74) is 19.1. The van der Waals surface area contributed by atoms with Gasteiger partial charge in [0.25, 0.3) is 0 Å². The van der Waals surface area contributed by atoms with Crippen molar-refractivity contribution < 1.29 is 0 Å². The molecule has 0 unspecified atom stereocenters. The number of benzene rings is 2. The first-order valence-corrected chi connectivity index (χ1v) is 83.4. The van der Waals surface area contributed by atoms with Gasteiger partial charge in [-0.05, 0) is 110 Å². The van der Waals surface area contributed by atoms with Crippen LogP contribution in [0, 0.1) is 11.8 Å². The molecule has 2 aliphatic carbocycles.